The van der Waals surface area contributed by atoms with Crippen molar-refractivity contribution in [2.75, 3.05) is 0 Å². The number of benzene rings is 2. The van der Waals surface area contributed by atoms with Gasteiger partial charge in [0.15, 0.2) is 0 Å². The number of unbranched alkanes of at least 4 members (excludes halogenated alkanes) is 4. The Morgan fingerprint density at radius 2 is 1.41 bits per heavy atom. The van der Waals surface area contributed by atoms with Gasteiger partial charge in [-0.15, -0.1) is 45.3 Å². The molecule has 4 aromatic heterocycles. The van der Waals surface area contributed by atoms with Crippen LogP contribution in [0.25, 0.3) is 49.7 Å². The van der Waals surface area contributed by atoms with E-state index in [-0.39, 0.29) is 6.04 Å². The Morgan fingerprint density at radius 1 is 0.781 bits per heavy atom. The van der Waals surface area contributed by atoms with Gasteiger partial charge in [0.05, 0.1) is 9.40 Å². The van der Waals surface area contributed by atoms with Gasteiger partial charge < -0.3 is 5.73 Å². The fraction of sp³-hybridized carbons (Fsp3) is 0.308. The van der Waals surface area contributed by atoms with Crippen molar-refractivity contribution >= 4 is 118 Å². The van der Waals surface area contributed by atoms with Crippen molar-refractivity contribution in [1.82, 2.24) is 0 Å². The summed E-state index contributed by atoms with van der Waals surface area (Å²) in [5, 5.41) is 10.3. The topological polar surface area (TPSA) is 26.0 Å². The molecule has 0 amide bonds. The molecule has 0 aliphatic heterocycles. The summed E-state index contributed by atoms with van der Waals surface area (Å²) in [5.41, 5.74) is 8.11. The van der Waals surface area contributed by atoms with Gasteiger partial charge >= 0.3 is 0 Å². The molecule has 0 radical (unpaired) electrons. The van der Waals surface area contributed by atoms with E-state index >= 15 is 0 Å². The van der Waals surface area contributed by atoms with Gasteiger partial charge in [-0.05, 0) is 52.1 Å². The summed E-state index contributed by atoms with van der Waals surface area (Å²) in [6.45, 7) is 2.27. The van der Waals surface area contributed by atoms with E-state index in [1.54, 1.807) is 0 Å². The number of halogens is 1. The molecule has 32 heavy (non-hydrogen) atoms. The van der Waals surface area contributed by atoms with E-state index in [9.17, 15) is 0 Å². The van der Waals surface area contributed by atoms with E-state index in [0.717, 1.165) is 6.42 Å². The molecule has 2 aromatic carbocycles. The van der Waals surface area contributed by atoms with Gasteiger partial charge in [0.25, 0.3) is 0 Å². The lowest BCUT2D eigenvalue weighted by atomic mass is 9.99. The van der Waals surface area contributed by atoms with Gasteiger partial charge in [-0.2, -0.15) is 0 Å². The maximum atomic E-state index is 6.75. The van der Waals surface area contributed by atoms with Crippen molar-refractivity contribution in [2.24, 2.45) is 5.73 Å². The van der Waals surface area contributed by atoms with Crippen molar-refractivity contribution in [1.29, 1.82) is 0 Å². The summed E-state index contributed by atoms with van der Waals surface area (Å²) in [6.07, 6.45) is 7.59. The number of thiophene rings is 4. The van der Waals surface area contributed by atoms with E-state index in [2.05, 4.69) is 64.5 Å². The fourth-order valence-electron chi connectivity index (χ4n) is 4.80. The van der Waals surface area contributed by atoms with Gasteiger partial charge in [0, 0.05) is 55.3 Å². The molecule has 1 atom stereocenters. The summed E-state index contributed by atoms with van der Waals surface area (Å²) in [6, 6.07) is 9.45. The first-order chi connectivity index (χ1) is 15.7. The van der Waals surface area contributed by atoms with E-state index in [0.29, 0.717) is 0 Å². The maximum absolute atomic E-state index is 6.75. The molecule has 6 rings (SSSR count). The van der Waals surface area contributed by atoms with Crippen LogP contribution in [-0.4, -0.2) is 0 Å². The Kier molecular flexibility index (Phi) is 5.97. The zero-order valence-electron chi connectivity index (χ0n) is 17.9. The van der Waals surface area contributed by atoms with Crippen LogP contribution in [0.15, 0.2) is 35.0 Å². The Bertz CT molecular complexity index is 1580. The average Bonchev–Trinajstić information content (AvgIpc) is 3.54. The average molecular weight is 606 g/mol. The Labute approximate surface area is 217 Å². The van der Waals surface area contributed by atoms with Crippen LogP contribution in [0.3, 0.4) is 0 Å². The minimum atomic E-state index is 0.139. The third kappa shape index (κ3) is 3.45. The lowest BCUT2D eigenvalue weighted by molar-refractivity contribution is 0.558. The molecule has 0 saturated heterocycles. The van der Waals surface area contributed by atoms with Crippen LogP contribution in [0.1, 0.15) is 57.1 Å². The van der Waals surface area contributed by atoms with Gasteiger partial charge in [-0.1, -0.05) is 51.2 Å². The predicted molar refractivity (Wildman–Crippen MR) is 159 cm³/mol. The lowest BCUT2D eigenvalue weighted by Gasteiger charge is -2.11. The summed E-state index contributed by atoms with van der Waals surface area (Å²) in [4.78, 5) is 0. The molecule has 2 N–H and O–H groups in total. The second-order valence-corrected chi connectivity index (χ2v) is 13.6. The predicted octanol–water partition coefficient (Wildman–Crippen LogP) is 10.7. The molecule has 0 aliphatic carbocycles. The number of rotatable bonds is 7. The summed E-state index contributed by atoms with van der Waals surface area (Å²) in [5.74, 6) is 0. The van der Waals surface area contributed by atoms with E-state index in [1.807, 2.05) is 45.3 Å². The number of hydrogen-bond acceptors (Lipinski definition) is 5. The lowest BCUT2D eigenvalue weighted by Crippen LogP contribution is -2.09. The number of nitrogens with two attached hydrogens (primary N) is 1. The molecule has 1 nitrogen and oxygen atoms in total. The highest BCUT2D eigenvalue weighted by Crippen LogP contribution is 2.50. The molecule has 0 fully saturated rings. The largest absolute Gasteiger partial charge is 0.324 e. The quantitative estimate of drug-likeness (QED) is 0.142. The molecular weight excluding hydrogens is 581 g/mol. The van der Waals surface area contributed by atoms with Crippen LogP contribution in [0.5, 0.6) is 0 Å². The summed E-state index contributed by atoms with van der Waals surface area (Å²) < 4.78 is 9.92. The van der Waals surface area contributed by atoms with Crippen molar-refractivity contribution < 1.29 is 0 Å². The van der Waals surface area contributed by atoms with Crippen LogP contribution >= 0.6 is 67.9 Å². The first-order valence-electron chi connectivity index (χ1n) is 11.3. The van der Waals surface area contributed by atoms with Crippen molar-refractivity contribution in [2.45, 2.75) is 51.5 Å². The highest BCUT2D eigenvalue weighted by atomic mass is 127. The first-order valence-corrected chi connectivity index (χ1v) is 15.7. The minimum absolute atomic E-state index is 0.139. The van der Waals surface area contributed by atoms with Crippen LogP contribution < -0.4 is 5.73 Å². The molecule has 0 bridgehead atoms. The van der Waals surface area contributed by atoms with Gasteiger partial charge in [0.2, 0.25) is 0 Å². The Morgan fingerprint density at radius 3 is 2.12 bits per heavy atom. The second kappa shape index (κ2) is 8.78. The van der Waals surface area contributed by atoms with Gasteiger partial charge in [0.1, 0.15) is 0 Å². The standard InChI is InChI=1S/C26H24INS4/c1-2-3-4-5-6-7-18(28)16-12-29-19-10-8-14-23(21(16)19)31-26-15-9-11-20-22(17(27)13-30-20)24(15)32-25(14)26/h8-13,18H,2-7,28H2,1H3. The molecule has 164 valence electrons. The first kappa shape index (κ1) is 21.7. The highest BCUT2D eigenvalue weighted by molar-refractivity contribution is 14.1. The molecular formula is C26H24INS4. The minimum Gasteiger partial charge on any atom is -0.324 e. The fourth-order valence-corrected chi connectivity index (χ4v) is 11.1. The van der Waals surface area contributed by atoms with Crippen molar-refractivity contribution in [3.8, 4) is 0 Å². The van der Waals surface area contributed by atoms with E-state index < -0.39 is 0 Å². The second-order valence-electron chi connectivity index (χ2n) is 8.58. The van der Waals surface area contributed by atoms with Crippen LogP contribution in [0.4, 0.5) is 0 Å². The zero-order chi connectivity index (χ0) is 21.8. The van der Waals surface area contributed by atoms with Crippen molar-refractivity contribution in [3.05, 3.63) is 44.2 Å². The molecule has 0 saturated carbocycles. The van der Waals surface area contributed by atoms with Gasteiger partial charge in [-0.25, -0.2) is 0 Å². The maximum Gasteiger partial charge on any atom is 0.0542 e. The molecule has 4 heterocycles. The Balaban J connectivity index is 1.48. The summed E-state index contributed by atoms with van der Waals surface area (Å²) in [7, 11) is 0. The molecule has 6 heteroatoms. The van der Waals surface area contributed by atoms with E-state index in [1.165, 1.54) is 91.0 Å². The molecule has 0 aliphatic rings. The smallest absolute Gasteiger partial charge is 0.0542 e. The third-order valence-electron chi connectivity index (χ3n) is 6.49. The number of hydrogen-bond donors (Lipinski definition) is 1. The SMILES string of the molecule is CCCCCCCC(N)c1csc2ccc3c4sc5c(ccc6scc(I)c65)c4sc3c12. The van der Waals surface area contributed by atoms with Gasteiger partial charge in [-0.3, -0.25) is 0 Å². The van der Waals surface area contributed by atoms with Crippen LogP contribution in [0, 0.1) is 3.57 Å². The molecule has 6 aromatic rings. The zero-order valence-corrected chi connectivity index (χ0v) is 23.3. The Hall–Kier alpha value is -0.770. The molecule has 0 spiro atoms. The summed E-state index contributed by atoms with van der Waals surface area (Å²) >= 11 is 10.2. The monoisotopic (exact) mass is 605 g/mol. The van der Waals surface area contributed by atoms with Crippen LogP contribution in [0.2, 0.25) is 0 Å². The third-order valence-corrected chi connectivity index (χ3v) is 12.3. The molecule has 1 unspecified atom stereocenters. The van der Waals surface area contributed by atoms with Crippen LogP contribution in [-0.2, 0) is 0 Å². The van der Waals surface area contributed by atoms with Crippen molar-refractivity contribution in [3.63, 3.8) is 0 Å². The van der Waals surface area contributed by atoms with E-state index in [4.69, 9.17) is 5.73 Å². The number of fused-ring (bicyclic) bond motifs is 9. The normalized spacial score (nSPS) is 13.5. The highest BCUT2D eigenvalue weighted by Gasteiger charge is 2.20.